The van der Waals surface area contributed by atoms with Gasteiger partial charge >= 0.3 is 0 Å². The molecule has 3 rings (SSSR count). The first-order chi connectivity index (χ1) is 10.3. The van der Waals surface area contributed by atoms with E-state index in [1.54, 1.807) is 0 Å². The summed E-state index contributed by atoms with van der Waals surface area (Å²) in [6, 6.07) is 10.9. The summed E-state index contributed by atoms with van der Waals surface area (Å²) in [5, 5.41) is 1.13. The predicted molar refractivity (Wildman–Crippen MR) is 89.5 cm³/mol. The van der Waals surface area contributed by atoms with E-state index < -0.39 is 0 Å². The third-order valence-electron chi connectivity index (χ3n) is 4.19. The van der Waals surface area contributed by atoms with E-state index in [4.69, 9.17) is 10.7 Å². The molecule has 0 amide bonds. The molecule has 0 aliphatic heterocycles. The highest BCUT2D eigenvalue weighted by molar-refractivity contribution is 7.98. The van der Waals surface area contributed by atoms with Crippen molar-refractivity contribution >= 4 is 11.8 Å². The van der Waals surface area contributed by atoms with Crippen LogP contribution in [0.1, 0.15) is 40.8 Å². The van der Waals surface area contributed by atoms with E-state index in [0.29, 0.717) is 6.54 Å². The standard InChI is InChI=1S/C18H22N2S/c1-13-6-2-3-8-15(13)12-21-18-16(11-19)10-14-7-4-5-9-17(14)20-18/h2-3,6,8,10H,4-5,7,9,11-12,19H2,1H3. The number of thioether (sulfide) groups is 1. The van der Waals surface area contributed by atoms with Crippen molar-refractivity contribution in [1.82, 2.24) is 4.98 Å². The molecule has 1 aromatic carbocycles. The normalized spacial score (nSPS) is 14.0. The lowest BCUT2D eigenvalue weighted by Gasteiger charge is -2.18. The van der Waals surface area contributed by atoms with Crippen molar-refractivity contribution in [3.63, 3.8) is 0 Å². The molecule has 0 radical (unpaired) electrons. The van der Waals surface area contributed by atoms with Crippen LogP contribution in [0, 0.1) is 6.92 Å². The Morgan fingerprint density at radius 3 is 2.76 bits per heavy atom. The summed E-state index contributed by atoms with van der Waals surface area (Å²) in [7, 11) is 0. The van der Waals surface area contributed by atoms with Gasteiger partial charge in [-0.2, -0.15) is 0 Å². The molecule has 21 heavy (non-hydrogen) atoms. The van der Waals surface area contributed by atoms with Crippen LogP contribution >= 0.6 is 11.8 Å². The zero-order valence-corrected chi connectivity index (χ0v) is 13.4. The van der Waals surface area contributed by atoms with Gasteiger partial charge in [-0.15, -0.1) is 11.8 Å². The Morgan fingerprint density at radius 2 is 1.95 bits per heavy atom. The highest BCUT2D eigenvalue weighted by Gasteiger charge is 2.15. The lowest BCUT2D eigenvalue weighted by atomic mass is 9.95. The maximum Gasteiger partial charge on any atom is 0.101 e. The second-order valence-corrected chi connectivity index (χ2v) is 6.65. The first kappa shape index (κ1) is 14.6. The van der Waals surface area contributed by atoms with Gasteiger partial charge in [0, 0.05) is 18.0 Å². The van der Waals surface area contributed by atoms with Crippen LogP contribution in [0.2, 0.25) is 0 Å². The second kappa shape index (κ2) is 6.63. The molecule has 3 heteroatoms. The average molecular weight is 298 g/mol. The molecular formula is C18H22N2S. The molecule has 2 nitrogen and oxygen atoms in total. The molecule has 110 valence electrons. The average Bonchev–Trinajstić information content (AvgIpc) is 2.53. The Morgan fingerprint density at radius 1 is 1.14 bits per heavy atom. The monoisotopic (exact) mass is 298 g/mol. The van der Waals surface area contributed by atoms with Crippen molar-refractivity contribution in [2.45, 2.75) is 49.9 Å². The van der Waals surface area contributed by atoms with E-state index in [0.717, 1.165) is 23.6 Å². The summed E-state index contributed by atoms with van der Waals surface area (Å²) >= 11 is 1.82. The van der Waals surface area contributed by atoms with Crippen molar-refractivity contribution in [3.8, 4) is 0 Å². The fourth-order valence-electron chi connectivity index (χ4n) is 2.85. The SMILES string of the molecule is Cc1ccccc1CSc1nc2c(cc1CN)CCCC2. The minimum atomic E-state index is 0.580. The van der Waals surface area contributed by atoms with Crippen molar-refractivity contribution in [2.75, 3.05) is 0 Å². The number of aryl methyl sites for hydroxylation is 3. The van der Waals surface area contributed by atoms with Crippen molar-refractivity contribution in [3.05, 3.63) is 58.3 Å². The molecule has 0 bridgehead atoms. The zero-order valence-electron chi connectivity index (χ0n) is 12.6. The van der Waals surface area contributed by atoms with Crippen LogP contribution < -0.4 is 5.73 Å². The van der Waals surface area contributed by atoms with Gasteiger partial charge in [-0.3, -0.25) is 0 Å². The summed E-state index contributed by atoms with van der Waals surface area (Å²) < 4.78 is 0. The molecule has 1 heterocycles. The van der Waals surface area contributed by atoms with E-state index in [-0.39, 0.29) is 0 Å². The van der Waals surface area contributed by atoms with Crippen LogP contribution in [0.5, 0.6) is 0 Å². The second-order valence-electron chi connectivity index (χ2n) is 5.68. The number of rotatable bonds is 4. The smallest absolute Gasteiger partial charge is 0.101 e. The molecule has 2 aromatic rings. The highest BCUT2D eigenvalue weighted by Crippen LogP contribution is 2.30. The van der Waals surface area contributed by atoms with E-state index in [2.05, 4.69) is 37.3 Å². The van der Waals surface area contributed by atoms with E-state index in [1.165, 1.54) is 40.8 Å². The highest BCUT2D eigenvalue weighted by atomic mass is 32.2. The number of pyridine rings is 1. The van der Waals surface area contributed by atoms with Gasteiger partial charge in [-0.05, 0) is 54.9 Å². The van der Waals surface area contributed by atoms with Crippen LogP contribution in [-0.4, -0.2) is 4.98 Å². The Kier molecular flexibility index (Phi) is 4.61. The number of hydrogen-bond donors (Lipinski definition) is 1. The summed E-state index contributed by atoms with van der Waals surface area (Å²) in [4.78, 5) is 4.91. The number of benzene rings is 1. The maximum atomic E-state index is 5.93. The Hall–Kier alpha value is -1.32. The molecule has 1 aromatic heterocycles. The van der Waals surface area contributed by atoms with Crippen LogP contribution in [0.3, 0.4) is 0 Å². The number of nitrogens with zero attached hydrogens (tertiary/aromatic N) is 1. The third-order valence-corrected chi connectivity index (χ3v) is 5.27. The maximum absolute atomic E-state index is 5.93. The topological polar surface area (TPSA) is 38.9 Å². The van der Waals surface area contributed by atoms with E-state index >= 15 is 0 Å². The van der Waals surface area contributed by atoms with Gasteiger partial charge < -0.3 is 5.73 Å². The van der Waals surface area contributed by atoms with E-state index in [9.17, 15) is 0 Å². The van der Waals surface area contributed by atoms with Gasteiger partial charge in [0.15, 0.2) is 0 Å². The molecule has 0 unspecified atom stereocenters. The quantitative estimate of drug-likeness (QED) is 0.867. The van der Waals surface area contributed by atoms with E-state index in [1.807, 2.05) is 11.8 Å². The lowest BCUT2D eigenvalue weighted by molar-refractivity contribution is 0.656. The fourth-order valence-corrected chi connectivity index (χ4v) is 3.97. The fraction of sp³-hybridized carbons (Fsp3) is 0.389. The number of aromatic nitrogens is 1. The Labute approximate surface area is 131 Å². The number of nitrogens with two attached hydrogens (primary N) is 1. The Bertz CT molecular complexity index is 637. The van der Waals surface area contributed by atoms with Crippen LogP contribution in [0.4, 0.5) is 0 Å². The summed E-state index contributed by atoms with van der Waals surface area (Å²) in [6.45, 7) is 2.75. The van der Waals surface area contributed by atoms with Crippen LogP contribution in [0.25, 0.3) is 0 Å². The summed E-state index contributed by atoms with van der Waals surface area (Å²) in [6.07, 6.45) is 4.84. The van der Waals surface area contributed by atoms with Gasteiger partial charge in [-0.1, -0.05) is 30.3 Å². The molecule has 1 aliphatic rings. The van der Waals surface area contributed by atoms with Crippen molar-refractivity contribution in [2.24, 2.45) is 5.73 Å². The minimum Gasteiger partial charge on any atom is -0.326 e. The molecule has 0 fully saturated rings. The van der Waals surface area contributed by atoms with Crippen LogP contribution in [0.15, 0.2) is 35.4 Å². The largest absolute Gasteiger partial charge is 0.326 e. The number of fused-ring (bicyclic) bond motifs is 1. The van der Waals surface area contributed by atoms with Crippen LogP contribution in [-0.2, 0) is 25.1 Å². The third kappa shape index (κ3) is 3.30. The minimum absolute atomic E-state index is 0.580. The summed E-state index contributed by atoms with van der Waals surface area (Å²) in [5.74, 6) is 0.964. The lowest BCUT2D eigenvalue weighted by Crippen LogP contribution is -2.10. The van der Waals surface area contributed by atoms with Gasteiger partial charge in [0.1, 0.15) is 5.03 Å². The molecule has 0 saturated carbocycles. The molecule has 2 N–H and O–H groups in total. The van der Waals surface area contributed by atoms with Gasteiger partial charge in [-0.25, -0.2) is 4.98 Å². The predicted octanol–water partition coefficient (Wildman–Crippen LogP) is 4.02. The Balaban J connectivity index is 1.83. The summed E-state index contributed by atoms with van der Waals surface area (Å²) in [5.41, 5.74) is 12.6. The first-order valence-corrected chi connectivity index (χ1v) is 8.65. The molecular weight excluding hydrogens is 276 g/mol. The number of hydrogen-bond acceptors (Lipinski definition) is 3. The van der Waals surface area contributed by atoms with Crippen molar-refractivity contribution in [1.29, 1.82) is 0 Å². The van der Waals surface area contributed by atoms with Gasteiger partial charge in [0.2, 0.25) is 0 Å². The van der Waals surface area contributed by atoms with Crippen molar-refractivity contribution < 1.29 is 0 Å². The first-order valence-electron chi connectivity index (χ1n) is 7.67. The van der Waals surface area contributed by atoms with Gasteiger partial charge in [0.05, 0.1) is 0 Å². The van der Waals surface area contributed by atoms with Gasteiger partial charge in [0.25, 0.3) is 0 Å². The zero-order chi connectivity index (χ0) is 14.7. The molecule has 0 spiro atoms. The molecule has 1 aliphatic carbocycles. The molecule has 0 atom stereocenters. The molecule has 0 saturated heterocycles.